The fourth-order valence-electron chi connectivity index (χ4n) is 2.99. The molecule has 20 heavy (non-hydrogen) atoms. The lowest BCUT2D eigenvalue weighted by atomic mass is 9.71. The first-order valence-corrected chi connectivity index (χ1v) is 7.72. The van der Waals surface area contributed by atoms with E-state index in [0.29, 0.717) is 0 Å². The molecule has 1 N–H and O–H groups in total. The van der Waals surface area contributed by atoms with Crippen LogP contribution < -0.4 is 0 Å². The molecule has 1 aromatic rings. The molecule has 0 aliphatic carbocycles. The minimum absolute atomic E-state index is 0.0282. The third-order valence-corrected chi connectivity index (χ3v) is 5.06. The van der Waals surface area contributed by atoms with Crippen molar-refractivity contribution in [2.45, 2.75) is 59.6 Å². The smallest absolute Gasteiger partial charge is 0.0720 e. The molecule has 0 radical (unpaired) electrons. The van der Waals surface area contributed by atoms with E-state index in [1.54, 1.807) is 0 Å². The van der Waals surface area contributed by atoms with Gasteiger partial charge in [-0.2, -0.15) is 0 Å². The van der Waals surface area contributed by atoms with Crippen LogP contribution in [0.15, 0.2) is 18.2 Å². The average molecular weight is 275 g/mol. The number of rotatable bonds is 2. The molecule has 1 aliphatic heterocycles. The topological polar surface area (TPSA) is 23.5 Å². The average Bonchev–Trinajstić information content (AvgIpc) is 2.35. The SMILES string of the molecule is Cc1ccc(CN2CCC(O)(C(C)(C)C)CC2)cc1C. The minimum Gasteiger partial charge on any atom is -0.389 e. The molecule has 0 atom stereocenters. The highest BCUT2D eigenvalue weighted by Gasteiger charge is 2.42. The van der Waals surface area contributed by atoms with Crippen LogP contribution in [0.1, 0.15) is 50.3 Å². The van der Waals surface area contributed by atoms with Gasteiger partial charge in [-0.1, -0.05) is 39.0 Å². The van der Waals surface area contributed by atoms with Crippen molar-refractivity contribution in [1.29, 1.82) is 0 Å². The lowest BCUT2D eigenvalue weighted by Gasteiger charge is -2.46. The molecule has 2 heteroatoms. The van der Waals surface area contributed by atoms with Gasteiger partial charge >= 0.3 is 0 Å². The van der Waals surface area contributed by atoms with E-state index in [9.17, 15) is 5.11 Å². The van der Waals surface area contributed by atoms with Crippen LogP contribution >= 0.6 is 0 Å². The van der Waals surface area contributed by atoms with Crippen LogP contribution in [-0.2, 0) is 6.54 Å². The number of aliphatic hydroxyl groups is 1. The maximum absolute atomic E-state index is 10.7. The predicted octanol–water partition coefficient (Wildman–Crippen LogP) is 3.68. The van der Waals surface area contributed by atoms with Crippen LogP contribution in [0.25, 0.3) is 0 Å². The molecule has 1 fully saturated rings. The Morgan fingerprint density at radius 3 is 2.20 bits per heavy atom. The third kappa shape index (κ3) is 3.24. The molecular formula is C18H29NO. The van der Waals surface area contributed by atoms with Gasteiger partial charge in [-0.05, 0) is 48.8 Å². The first-order chi connectivity index (χ1) is 9.21. The van der Waals surface area contributed by atoms with E-state index in [-0.39, 0.29) is 5.41 Å². The van der Waals surface area contributed by atoms with Crippen LogP contribution in [0.2, 0.25) is 0 Å². The highest BCUT2D eigenvalue weighted by atomic mass is 16.3. The van der Waals surface area contributed by atoms with Crippen LogP contribution in [0.3, 0.4) is 0 Å². The lowest BCUT2D eigenvalue weighted by molar-refractivity contribution is -0.0999. The highest BCUT2D eigenvalue weighted by molar-refractivity contribution is 5.29. The molecule has 0 spiro atoms. The summed E-state index contributed by atoms with van der Waals surface area (Å²) in [5.74, 6) is 0. The Hall–Kier alpha value is -0.860. The number of hydrogen-bond donors (Lipinski definition) is 1. The van der Waals surface area contributed by atoms with E-state index in [1.807, 2.05) is 0 Å². The third-order valence-electron chi connectivity index (χ3n) is 5.06. The largest absolute Gasteiger partial charge is 0.389 e. The van der Waals surface area contributed by atoms with Gasteiger partial charge in [-0.15, -0.1) is 0 Å². The van der Waals surface area contributed by atoms with E-state index in [4.69, 9.17) is 0 Å². The Labute approximate surface area is 123 Å². The van der Waals surface area contributed by atoms with Crippen LogP contribution in [0, 0.1) is 19.3 Å². The second-order valence-electron chi connectivity index (χ2n) is 7.48. The van der Waals surface area contributed by atoms with Gasteiger partial charge in [-0.3, -0.25) is 4.90 Å². The highest BCUT2D eigenvalue weighted by Crippen LogP contribution is 2.38. The summed E-state index contributed by atoms with van der Waals surface area (Å²) in [7, 11) is 0. The van der Waals surface area contributed by atoms with Gasteiger partial charge < -0.3 is 5.11 Å². The summed E-state index contributed by atoms with van der Waals surface area (Å²) in [5, 5.41) is 10.7. The number of likely N-dealkylation sites (tertiary alicyclic amines) is 1. The van der Waals surface area contributed by atoms with E-state index in [0.717, 1.165) is 32.5 Å². The van der Waals surface area contributed by atoms with Crippen molar-refractivity contribution < 1.29 is 5.11 Å². The number of benzene rings is 1. The van der Waals surface area contributed by atoms with Crippen molar-refractivity contribution in [3.8, 4) is 0 Å². The quantitative estimate of drug-likeness (QED) is 0.890. The summed E-state index contributed by atoms with van der Waals surface area (Å²) in [6.07, 6.45) is 1.75. The zero-order valence-electron chi connectivity index (χ0n) is 13.7. The molecule has 1 aromatic carbocycles. The van der Waals surface area contributed by atoms with Gasteiger partial charge in [0.2, 0.25) is 0 Å². The molecule has 1 saturated heterocycles. The van der Waals surface area contributed by atoms with Gasteiger partial charge in [0.15, 0.2) is 0 Å². The van der Waals surface area contributed by atoms with Crippen molar-refractivity contribution in [2.75, 3.05) is 13.1 Å². The Balaban J connectivity index is 1.96. The molecule has 2 nitrogen and oxygen atoms in total. The molecule has 2 rings (SSSR count). The number of aryl methyl sites for hydroxylation is 2. The fraction of sp³-hybridized carbons (Fsp3) is 0.667. The van der Waals surface area contributed by atoms with E-state index >= 15 is 0 Å². The number of hydrogen-bond acceptors (Lipinski definition) is 2. The van der Waals surface area contributed by atoms with Gasteiger partial charge in [0.1, 0.15) is 0 Å². The molecule has 112 valence electrons. The second kappa shape index (κ2) is 5.50. The summed E-state index contributed by atoms with van der Waals surface area (Å²) in [5.41, 5.74) is 3.57. The monoisotopic (exact) mass is 275 g/mol. The fourth-order valence-corrected chi connectivity index (χ4v) is 2.99. The molecular weight excluding hydrogens is 246 g/mol. The molecule has 0 aromatic heterocycles. The summed E-state index contributed by atoms with van der Waals surface area (Å²) in [6.45, 7) is 13.7. The maximum Gasteiger partial charge on any atom is 0.0720 e. The molecule has 0 unspecified atom stereocenters. The zero-order chi connectivity index (χ0) is 15.0. The molecule has 0 amide bonds. The normalized spacial score (nSPS) is 20.1. The molecule has 1 aliphatic rings. The summed E-state index contributed by atoms with van der Waals surface area (Å²) in [6, 6.07) is 6.73. The van der Waals surface area contributed by atoms with Crippen molar-refractivity contribution in [2.24, 2.45) is 5.41 Å². The Morgan fingerprint density at radius 1 is 1.10 bits per heavy atom. The van der Waals surface area contributed by atoms with Gasteiger partial charge in [-0.25, -0.2) is 0 Å². The minimum atomic E-state index is -0.507. The van der Waals surface area contributed by atoms with Crippen molar-refractivity contribution in [3.63, 3.8) is 0 Å². The Bertz CT molecular complexity index is 465. The maximum atomic E-state index is 10.7. The first kappa shape index (κ1) is 15.5. The summed E-state index contributed by atoms with van der Waals surface area (Å²) in [4.78, 5) is 2.46. The van der Waals surface area contributed by atoms with Crippen LogP contribution in [0.4, 0.5) is 0 Å². The van der Waals surface area contributed by atoms with Crippen molar-refractivity contribution in [3.05, 3.63) is 34.9 Å². The van der Waals surface area contributed by atoms with Crippen LogP contribution in [0.5, 0.6) is 0 Å². The summed E-state index contributed by atoms with van der Waals surface area (Å²) < 4.78 is 0. The van der Waals surface area contributed by atoms with Gasteiger partial charge in [0.05, 0.1) is 5.60 Å². The molecule has 0 saturated carbocycles. The van der Waals surface area contributed by atoms with Crippen LogP contribution in [-0.4, -0.2) is 28.7 Å². The zero-order valence-corrected chi connectivity index (χ0v) is 13.7. The van der Waals surface area contributed by atoms with Crippen molar-refractivity contribution >= 4 is 0 Å². The second-order valence-corrected chi connectivity index (χ2v) is 7.48. The van der Waals surface area contributed by atoms with E-state index in [2.05, 4.69) is 57.7 Å². The standard InChI is InChI=1S/C18H29NO/c1-14-6-7-16(12-15(14)2)13-19-10-8-18(20,9-11-19)17(3,4)5/h6-7,12,20H,8-11,13H2,1-5H3. The van der Waals surface area contributed by atoms with E-state index in [1.165, 1.54) is 16.7 Å². The molecule has 0 bridgehead atoms. The predicted molar refractivity (Wildman–Crippen MR) is 84.8 cm³/mol. The number of nitrogens with zero attached hydrogens (tertiary/aromatic N) is 1. The number of piperidine rings is 1. The molecule has 1 heterocycles. The first-order valence-electron chi connectivity index (χ1n) is 7.72. The lowest BCUT2D eigenvalue weighted by Crippen LogP contribution is -2.51. The van der Waals surface area contributed by atoms with Gasteiger partial charge in [0, 0.05) is 19.6 Å². The van der Waals surface area contributed by atoms with Crippen molar-refractivity contribution in [1.82, 2.24) is 4.90 Å². The Kier molecular flexibility index (Phi) is 4.27. The van der Waals surface area contributed by atoms with E-state index < -0.39 is 5.60 Å². The Morgan fingerprint density at radius 2 is 1.70 bits per heavy atom. The summed E-state index contributed by atoms with van der Waals surface area (Å²) >= 11 is 0. The van der Waals surface area contributed by atoms with Gasteiger partial charge in [0.25, 0.3) is 0 Å².